The molecule has 7 heteroatoms. The quantitative estimate of drug-likeness (QED) is 0.431. The Morgan fingerprint density at radius 2 is 1.61 bits per heavy atom. The van der Waals surface area contributed by atoms with Crippen molar-refractivity contribution >= 4 is 12.3 Å². The van der Waals surface area contributed by atoms with Crippen LogP contribution in [0.15, 0.2) is 30.3 Å². The van der Waals surface area contributed by atoms with Gasteiger partial charge in [-0.2, -0.15) is 0 Å². The van der Waals surface area contributed by atoms with Gasteiger partial charge in [-0.05, 0) is 36.2 Å². The van der Waals surface area contributed by atoms with Gasteiger partial charge in [0.05, 0.1) is 12.0 Å². The third-order valence-corrected chi connectivity index (χ3v) is 2.90. The molecule has 0 saturated carbocycles. The molecule has 0 spiro atoms. The highest BCUT2D eigenvalue weighted by atomic mass is 16.4. The Bertz CT molecular complexity index is 679. The van der Waals surface area contributed by atoms with Gasteiger partial charge < -0.3 is 25.5 Å². The topological polar surface area (TPSA) is 135 Å². The van der Waals surface area contributed by atoms with Gasteiger partial charge in [0.15, 0.2) is 23.5 Å². The number of phenols is 4. The molecule has 0 unspecified atom stereocenters. The number of hydrogen-bond acceptors (Lipinski definition) is 6. The smallest absolute Gasteiger partial charge is 0.307 e. The third-order valence-electron chi connectivity index (χ3n) is 2.90. The number of aromatic hydroxyl groups is 4. The predicted molar refractivity (Wildman–Crippen MR) is 81.0 cm³/mol. The van der Waals surface area contributed by atoms with E-state index in [1.54, 1.807) is 19.1 Å². The standard InChI is InChI=1S/C8H8O5.C8H8O2/c9-5-1-4(3-7(11)12)2-6(10)8(5)13;1-6-3-2-4-8(10)7(6)5-9/h1-2,9-10,13H,3H2,(H,11,12);2-5,10H,1H3. The number of carboxylic acids is 1. The molecule has 2 aromatic carbocycles. The van der Waals surface area contributed by atoms with Gasteiger partial charge in [-0.1, -0.05) is 12.1 Å². The Labute approximate surface area is 131 Å². The van der Waals surface area contributed by atoms with Crippen LogP contribution in [-0.2, 0) is 11.2 Å². The minimum absolute atomic E-state index is 0.0509. The molecule has 0 aliphatic rings. The van der Waals surface area contributed by atoms with Gasteiger partial charge in [0.2, 0.25) is 0 Å². The van der Waals surface area contributed by atoms with Gasteiger partial charge in [-0.3, -0.25) is 9.59 Å². The van der Waals surface area contributed by atoms with Crippen LogP contribution >= 0.6 is 0 Å². The van der Waals surface area contributed by atoms with Crippen molar-refractivity contribution in [3.8, 4) is 23.0 Å². The number of phenolic OH excluding ortho intramolecular Hbond substituents is 4. The van der Waals surface area contributed by atoms with Crippen molar-refractivity contribution in [1.29, 1.82) is 0 Å². The molecule has 23 heavy (non-hydrogen) atoms. The highest BCUT2D eigenvalue weighted by molar-refractivity contribution is 5.81. The van der Waals surface area contributed by atoms with E-state index in [0.717, 1.165) is 17.7 Å². The fourth-order valence-corrected chi connectivity index (χ4v) is 1.76. The average molecular weight is 320 g/mol. The second-order valence-electron chi connectivity index (χ2n) is 4.68. The van der Waals surface area contributed by atoms with Crippen LogP contribution in [-0.4, -0.2) is 37.8 Å². The zero-order chi connectivity index (χ0) is 17.6. The fraction of sp³-hybridized carbons (Fsp3) is 0.125. The van der Waals surface area contributed by atoms with Crippen molar-refractivity contribution in [2.45, 2.75) is 13.3 Å². The number of aliphatic carboxylic acids is 1. The normalized spacial score (nSPS) is 9.61. The lowest BCUT2D eigenvalue weighted by molar-refractivity contribution is -0.136. The maximum atomic E-state index is 10.3. The first kappa shape index (κ1) is 17.8. The molecule has 0 aliphatic carbocycles. The molecular weight excluding hydrogens is 304 g/mol. The molecule has 0 aliphatic heterocycles. The SMILES string of the molecule is Cc1cccc(O)c1C=O.O=C(O)Cc1cc(O)c(O)c(O)c1. The highest BCUT2D eigenvalue weighted by Crippen LogP contribution is 2.35. The van der Waals surface area contributed by atoms with E-state index in [-0.39, 0.29) is 17.7 Å². The van der Waals surface area contributed by atoms with E-state index in [0.29, 0.717) is 11.8 Å². The Hall–Kier alpha value is -3.22. The zero-order valence-corrected chi connectivity index (χ0v) is 12.2. The summed E-state index contributed by atoms with van der Waals surface area (Å²) in [5.41, 5.74) is 1.40. The summed E-state index contributed by atoms with van der Waals surface area (Å²) in [7, 11) is 0. The van der Waals surface area contributed by atoms with Crippen LogP contribution in [0, 0.1) is 6.92 Å². The maximum absolute atomic E-state index is 10.3. The predicted octanol–water partition coefficient (Wildman–Crippen LogP) is 1.94. The molecule has 7 nitrogen and oxygen atoms in total. The third kappa shape index (κ3) is 4.92. The molecule has 2 aromatic rings. The molecule has 5 N–H and O–H groups in total. The van der Waals surface area contributed by atoms with Crippen LogP contribution in [0.4, 0.5) is 0 Å². The summed E-state index contributed by atoms with van der Waals surface area (Å²) in [6, 6.07) is 7.16. The lowest BCUT2D eigenvalue weighted by Crippen LogP contribution is -1.99. The fourth-order valence-electron chi connectivity index (χ4n) is 1.76. The lowest BCUT2D eigenvalue weighted by atomic mass is 10.1. The van der Waals surface area contributed by atoms with E-state index in [1.165, 1.54) is 6.07 Å². The number of aldehydes is 1. The molecule has 0 fully saturated rings. The van der Waals surface area contributed by atoms with Crippen molar-refractivity contribution in [1.82, 2.24) is 0 Å². The summed E-state index contributed by atoms with van der Waals surface area (Å²) in [6.07, 6.45) is 0.339. The molecule has 0 aromatic heterocycles. The Balaban J connectivity index is 0.000000238. The second-order valence-corrected chi connectivity index (χ2v) is 4.68. The summed E-state index contributed by atoms with van der Waals surface area (Å²) < 4.78 is 0. The molecule has 0 amide bonds. The number of rotatable bonds is 3. The number of carbonyl (C=O) groups is 2. The minimum atomic E-state index is -1.08. The molecule has 0 saturated heterocycles. The average Bonchev–Trinajstić information content (AvgIpc) is 2.45. The van der Waals surface area contributed by atoms with Gasteiger partial charge >= 0.3 is 5.97 Å². The van der Waals surface area contributed by atoms with Gasteiger partial charge in [0, 0.05) is 0 Å². The van der Waals surface area contributed by atoms with E-state index in [1.807, 2.05) is 0 Å². The minimum Gasteiger partial charge on any atom is -0.507 e. The second kappa shape index (κ2) is 7.69. The van der Waals surface area contributed by atoms with Crippen LogP contribution in [0.1, 0.15) is 21.5 Å². The van der Waals surface area contributed by atoms with Crippen molar-refractivity contribution in [2.24, 2.45) is 0 Å². The van der Waals surface area contributed by atoms with Crippen LogP contribution in [0.3, 0.4) is 0 Å². The number of aryl methyl sites for hydroxylation is 1. The number of carboxylic acid groups (broad SMARTS) is 1. The molecule has 0 bridgehead atoms. The Kier molecular flexibility index (Phi) is 5.96. The summed E-state index contributed by atoms with van der Waals surface area (Å²) in [5, 5.41) is 44.4. The van der Waals surface area contributed by atoms with Crippen molar-refractivity contribution < 1.29 is 35.1 Å². The molecule has 0 atom stereocenters. The summed E-state index contributed by atoms with van der Waals surface area (Å²) in [6.45, 7) is 1.78. The van der Waals surface area contributed by atoms with Crippen LogP contribution in [0.2, 0.25) is 0 Å². The monoisotopic (exact) mass is 320 g/mol. The van der Waals surface area contributed by atoms with E-state index < -0.39 is 23.2 Å². The van der Waals surface area contributed by atoms with Crippen LogP contribution < -0.4 is 0 Å². The molecular formula is C16H16O7. The van der Waals surface area contributed by atoms with Gasteiger partial charge in [-0.15, -0.1) is 0 Å². The zero-order valence-electron chi connectivity index (χ0n) is 12.2. The molecule has 0 radical (unpaired) electrons. The molecule has 0 heterocycles. The first-order valence-electron chi connectivity index (χ1n) is 6.45. The summed E-state index contributed by atoms with van der Waals surface area (Å²) in [5.74, 6) is -2.74. The molecule has 2 rings (SSSR count). The largest absolute Gasteiger partial charge is 0.507 e. The molecule has 122 valence electrons. The number of carbonyl (C=O) groups excluding carboxylic acids is 1. The van der Waals surface area contributed by atoms with E-state index >= 15 is 0 Å². The summed E-state index contributed by atoms with van der Waals surface area (Å²) in [4.78, 5) is 20.5. The van der Waals surface area contributed by atoms with E-state index in [2.05, 4.69) is 0 Å². The van der Waals surface area contributed by atoms with Gasteiger partial charge in [-0.25, -0.2) is 0 Å². The van der Waals surface area contributed by atoms with Crippen molar-refractivity contribution in [3.63, 3.8) is 0 Å². The maximum Gasteiger partial charge on any atom is 0.307 e. The van der Waals surface area contributed by atoms with Crippen molar-refractivity contribution in [2.75, 3.05) is 0 Å². The first-order valence-corrected chi connectivity index (χ1v) is 6.45. The Morgan fingerprint density at radius 3 is 2.00 bits per heavy atom. The highest BCUT2D eigenvalue weighted by Gasteiger charge is 2.09. The first-order chi connectivity index (χ1) is 10.8. The Morgan fingerprint density at radius 1 is 1.04 bits per heavy atom. The summed E-state index contributed by atoms with van der Waals surface area (Å²) >= 11 is 0. The number of benzene rings is 2. The van der Waals surface area contributed by atoms with Gasteiger partial charge in [0.1, 0.15) is 5.75 Å². The van der Waals surface area contributed by atoms with Crippen molar-refractivity contribution in [3.05, 3.63) is 47.0 Å². The van der Waals surface area contributed by atoms with Crippen LogP contribution in [0.5, 0.6) is 23.0 Å². The number of hydrogen-bond donors (Lipinski definition) is 5. The lowest BCUT2D eigenvalue weighted by Gasteiger charge is -2.03. The van der Waals surface area contributed by atoms with E-state index in [9.17, 15) is 9.59 Å². The van der Waals surface area contributed by atoms with Gasteiger partial charge in [0.25, 0.3) is 0 Å². The van der Waals surface area contributed by atoms with E-state index in [4.69, 9.17) is 25.5 Å². The van der Waals surface area contributed by atoms with Crippen LogP contribution in [0.25, 0.3) is 0 Å².